The first-order valence-corrected chi connectivity index (χ1v) is 5.77. The van der Waals surface area contributed by atoms with Crippen LogP contribution in [-0.4, -0.2) is 10.1 Å². The zero-order valence-electron chi connectivity index (χ0n) is 10.5. The molecule has 1 heterocycles. The van der Waals surface area contributed by atoms with Crippen molar-refractivity contribution in [1.82, 2.24) is 4.98 Å². The highest BCUT2D eigenvalue weighted by Crippen LogP contribution is 2.26. The molecule has 0 amide bonds. The van der Waals surface area contributed by atoms with Gasteiger partial charge < -0.3 is 10.1 Å². The minimum Gasteiger partial charge on any atom is -0.387 e. The first kappa shape index (κ1) is 12.3. The molecule has 1 rings (SSSR count). The van der Waals surface area contributed by atoms with Gasteiger partial charge in [0.15, 0.2) is 0 Å². The fourth-order valence-corrected chi connectivity index (χ4v) is 1.84. The lowest BCUT2D eigenvalue weighted by Gasteiger charge is -2.12. The Morgan fingerprint density at radius 3 is 2.07 bits per heavy atom. The van der Waals surface area contributed by atoms with Crippen molar-refractivity contribution in [3.05, 3.63) is 22.5 Å². The normalized spacial score (nSPS) is 13.5. The lowest BCUT2D eigenvalue weighted by molar-refractivity contribution is 0.154. The molecule has 0 saturated carbocycles. The largest absolute Gasteiger partial charge is 0.387 e. The Bertz CT molecular complexity index is 326. The highest BCUT2D eigenvalue weighted by molar-refractivity contribution is 5.35. The fraction of sp³-hybridized carbons (Fsp3) is 0.692. The molecule has 0 fully saturated rings. The average molecular weight is 209 g/mol. The van der Waals surface area contributed by atoms with E-state index in [0.717, 1.165) is 18.5 Å². The second kappa shape index (κ2) is 4.84. The first-order chi connectivity index (χ1) is 6.93. The Balaban J connectivity index is 2.73. The number of aryl methyl sites for hydroxylation is 1. The SMILES string of the molecule is Cc1[nH]c(C(O)CCC(C)C)c(C)c1C. The summed E-state index contributed by atoms with van der Waals surface area (Å²) < 4.78 is 0. The summed E-state index contributed by atoms with van der Waals surface area (Å²) in [7, 11) is 0. The number of hydrogen-bond donors (Lipinski definition) is 2. The van der Waals surface area contributed by atoms with Crippen molar-refractivity contribution >= 4 is 0 Å². The van der Waals surface area contributed by atoms with Gasteiger partial charge in [0, 0.05) is 11.4 Å². The summed E-state index contributed by atoms with van der Waals surface area (Å²) in [6.07, 6.45) is 1.58. The third-order valence-corrected chi connectivity index (χ3v) is 3.20. The zero-order valence-corrected chi connectivity index (χ0v) is 10.5. The predicted molar refractivity (Wildman–Crippen MR) is 64.0 cm³/mol. The smallest absolute Gasteiger partial charge is 0.0940 e. The molecule has 1 atom stereocenters. The summed E-state index contributed by atoms with van der Waals surface area (Å²) >= 11 is 0. The van der Waals surface area contributed by atoms with E-state index in [9.17, 15) is 5.11 Å². The summed E-state index contributed by atoms with van der Waals surface area (Å²) in [6.45, 7) is 10.6. The average Bonchev–Trinajstić information content (AvgIpc) is 2.42. The Hall–Kier alpha value is -0.760. The minimum atomic E-state index is -0.334. The van der Waals surface area contributed by atoms with E-state index in [2.05, 4.69) is 39.6 Å². The molecular formula is C13H23NO. The molecule has 0 aliphatic carbocycles. The van der Waals surface area contributed by atoms with Gasteiger partial charge in [0.2, 0.25) is 0 Å². The van der Waals surface area contributed by atoms with Crippen molar-refractivity contribution < 1.29 is 5.11 Å². The molecule has 86 valence electrons. The van der Waals surface area contributed by atoms with Gasteiger partial charge in [0.25, 0.3) is 0 Å². The van der Waals surface area contributed by atoms with E-state index >= 15 is 0 Å². The molecule has 2 N–H and O–H groups in total. The highest BCUT2D eigenvalue weighted by Gasteiger charge is 2.15. The molecule has 2 nitrogen and oxygen atoms in total. The molecule has 2 heteroatoms. The minimum absolute atomic E-state index is 0.334. The van der Waals surface area contributed by atoms with Crippen molar-refractivity contribution in [2.45, 2.75) is 53.6 Å². The topological polar surface area (TPSA) is 36.0 Å². The molecule has 0 radical (unpaired) electrons. The van der Waals surface area contributed by atoms with E-state index in [1.807, 2.05) is 0 Å². The summed E-state index contributed by atoms with van der Waals surface area (Å²) in [4.78, 5) is 3.29. The maximum absolute atomic E-state index is 10.1. The van der Waals surface area contributed by atoms with E-state index in [0.29, 0.717) is 5.92 Å². The first-order valence-electron chi connectivity index (χ1n) is 5.77. The Kier molecular flexibility index (Phi) is 3.97. The lowest BCUT2D eigenvalue weighted by Crippen LogP contribution is -2.02. The summed E-state index contributed by atoms with van der Waals surface area (Å²) in [5, 5.41) is 10.1. The van der Waals surface area contributed by atoms with Crippen LogP contribution in [-0.2, 0) is 0 Å². The number of aliphatic hydroxyl groups is 1. The fourth-order valence-electron chi connectivity index (χ4n) is 1.84. The van der Waals surface area contributed by atoms with E-state index in [-0.39, 0.29) is 6.10 Å². The third-order valence-electron chi connectivity index (χ3n) is 3.20. The number of nitrogens with one attached hydrogen (secondary N) is 1. The Morgan fingerprint density at radius 1 is 1.07 bits per heavy atom. The molecule has 1 aromatic rings. The molecule has 0 saturated heterocycles. The summed E-state index contributed by atoms with van der Waals surface area (Å²) in [5.74, 6) is 0.650. The predicted octanol–water partition coefficient (Wildman–Crippen LogP) is 3.41. The summed E-state index contributed by atoms with van der Waals surface area (Å²) in [6, 6.07) is 0. The molecule has 15 heavy (non-hydrogen) atoms. The van der Waals surface area contributed by atoms with Crippen molar-refractivity contribution in [2.75, 3.05) is 0 Å². The standard InChI is InChI=1S/C13H23NO/c1-8(2)6-7-12(15)13-10(4)9(3)11(5)14-13/h8,12,14-15H,6-7H2,1-5H3. The van der Waals surface area contributed by atoms with Crippen LogP contribution in [0.5, 0.6) is 0 Å². The van der Waals surface area contributed by atoms with Crippen LogP contribution in [0.1, 0.15) is 55.3 Å². The number of aromatic amines is 1. The van der Waals surface area contributed by atoms with Crippen LogP contribution in [0, 0.1) is 26.7 Å². The van der Waals surface area contributed by atoms with Crippen LogP contribution in [0.3, 0.4) is 0 Å². The quantitative estimate of drug-likeness (QED) is 0.783. The Morgan fingerprint density at radius 2 is 1.67 bits per heavy atom. The number of aliphatic hydroxyl groups excluding tert-OH is 1. The van der Waals surface area contributed by atoms with Crippen LogP contribution in [0.15, 0.2) is 0 Å². The zero-order chi connectivity index (χ0) is 11.6. The van der Waals surface area contributed by atoms with Gasteiger partial charge in [-0.2, -0.15) is 0 Å². The van der Waals surface area contributed by atoms with Crippen LogP contribution in [0.4, 0.5) is 0 Å². The van der Waals surface area contributed by atoms with Crippen LogP contribution < -0.4 is 0 Å². The number of rotatable bonds is 4. The monoisotopic (exact) mass is 209 g/mol. The Labute approximate surface area is 92.7 Å². The maximum Gasteiger partial charge on any atom is 0.0940 e. The van der Waals surface area contributed by atoms with Crippen molar-refractivity contribution in [1.29, 1.82) is 0 Å². The molecule has 0 aliphatic rings. The van der Waals surface area contributed by atoms with Crippen LogP contribution >= 0.6 is 0 Å². The highest BCUT2D eigenvalue weighted by atomic mass is 16.3. The molecule has 0 bridgehead atoms. The van der Waals surface area contributed by atoms with Crippen molar-refractivity contribution in [2.24, 2.45) is 5.92 Å². The maximum atomic E-state index is 10.1. The van der Waals surface area contributed by atoms with Gasteiger partial charge in [-0.3, -0.25) is 0 Å². The van der Waals surface area contributed by atoms with E-state index in [1.165, 1.54) is 16.8 Å². The lowest BCUT2D eigenvalue weighted by atomic mass is 10.0. The number of aromatic nitrogens is 1. The van der Waals surface area contributed by atoms with Gasteiger partial charge in [-0.05, 0) is 50.7 Å². The molecule has 0 spiro atoms. The molecule has 0 aromatic carbocycles. The van der Waals surface area contributed by atoms with Gasteiger partial charge in [-0.25, -0.2) is 0 Å². The molecule has 1 unspecified atom stereocenters. The molecule has 0 aliphatic heterocycles. The van der Waals surface area contributed by atoms with E-state index in [4.69, 9.17) is 0 Å². The van der Waals surface area contributed by atoms with Crippen molar-refractivity contribution in [3.8, 4) is 0 Å². The number of hydrogen-bond acceptors (Lipinski definition) is 1. The van der Waals surface area contributed by atoms with Gasteiger partial charge in [0.1, 0.15) is 0 Å². The second-order valence-corrected chi connectivity index (χ2v) is 4.90. The van der Waals surface area contributed by atoms with Gasteiger partial charge in [-0.1, -0.05) is 13.8 Å². The van der Waals surface area contributed by atoms with Gasteiger partial charge in [0.05, 0.1) is 6.10 Å². The van der Waals surface area contributed by atoms with E-state index < -0.39 is 0 Å². The van der Waals surface area contributed by atoms with Gasteiger partial charge >= 0.3 is 0 Å². The summed E-state index contributed by atoms with van der Waals surface area (Å²) in [5.41, 5.74) is 4.66. The third kappa shape index (κ3) is 2.85. The second-order valence-electron chi connectivity index (χ2n) is 4.90. The van der Waals surface area contributed by atoms with Crippen LogP contribution in [0.25, 0.3) is 0 Å². The molecular weight excluding hydrogens is 186 g/mol. The van der Waals surface area contributed by atoms with Crippen molar-refractivity contribution in [3.63, 3.8) is 0 Å². The van der Waals surface area contributed by atoms with Gasteiger partial charge in [-0.15, -0.1) is 0 Å². The van der Waals surface area contributed by atoms with Crippen LogP contribution in [0.2, 0.25) is 0 Å². The van der Waals surface area contributed by atoms with E-state index in [1.54, 1.807) is 0 Å². The molecule has 1 aromatic heterocycles. The number of H-pyrrole nitrogens is 1.